The van der Waals surface area contributed by atoms with E-state index in [1.54, 1.807) is 13.1 Å². The van der Waals surface area contributed by atoms with Crippen molar-refractivity contribution < 1.29 is 9.53 Å². The van der Waals surface area contributed by atoms with Crippen LogP contribution in [0.5, 0.6) is 0 Å². The van der Waals surface area contributed by atoms with Crippen LogP contribution in [0.2, 0.25) is 0 Å². The molecule has 1 amide bonds. The van der Waals surface area contributed by atoms with Crippen LogP contribution in [0, 0.1) is 6.92 Å². The normalized spacial score (nSPS) is 11.1. The van der Waals surface area contributed by atoms with Crippen LogP contribution >= 0.6 is 11.3 Å². The quantitative estimate of drug-likeness (QED) is 0.348. The maximum atomic E-state index is 11.9. The maximum absolute atomic E-state index is 11.9. The second-order valence-electron chi connectivity index (χ2n) is 7.10. The minimum atomic E-state index is -0.505. The maximum Gasteiger partial charge on any atom is 0.412 e. The molecule has 1 heterocycles. The largest absolute Gasteiger partial charge is 0.450 e. The summed E-state index contributed by atoms with van der Waals surface area (Å²) in [7, 11) is 0. The molecule has 0 aliphatic carbocycles. The van der Waals surface area contributed by atoms with Gasteiger partial charge in [0.05, 0.1) is 12.8 Å². The molecule has 3 aromatic rings. The molecule has 156 valence electrons. The lowest BCUT2D eigenvalue weighted by molar-refractivity contribution is 0.168. The summed E-state index contributed by atoms with van der Waals surface area (Å²) in [5.74, 6) is 0.495. The summed E-state index contributed by atoms with van der Waals surface area (Å²) in [5.41, 5.74) is 7.98. The Bertz CT molecular complexity index is 1010. The van der Waals surface area contributed by atoms with Crippen LogP contribution in [0.4, 0.5) is 14.9 Å². The van der Waals surface area contributed by atoms with E-state index < -0.39 is 6.09 Å². The van der Waals surface area contributed by atoms with Crippen LogP contribution < -0.4 is 10.7 Å². The number of nitrogens with zero attached hydrogens (tertiary/aromatic N) is 2. The Morgan fingerprint density at radius 1 is 1.17 bits per heavy atom. The standard InChI is InChI=1S/C23H26N4O2S/c1-5-29-23(28)26-21-20(19-10-6-16(4)7-11-19)25-22(30-21)27-24-14-17-8-12-18(13-9-17)15(2)3/h6-15H,5H2,1-4H3,(H,25,27)(H,26,28)/b24-14+. The number of benzene rings is 2. The van der Waals surface area contributed by atoms with Crippen molar-refractivity contribution >= 4 is 33.8 Å². The summed E-state index contributed by atoms with van der Waals surface area (Å²) in [6.45, 7) is 8.43. The highest BCUT2D eigenvalue weighted by molar-refractivity contribution is 7.20. The van der Waals surface area contributed by atoms with Crippen LogP contribution in [0.15, 0.2) is 53.6 Å². The third-order valence-corrected chi connectivity index (χ3v) is 5.30. The van der Waals surface area contributed by atoms with E-state index in [2.05, 4.69) is 46.8 Å². The second kappa shape index (κ2) is 10.0. The van der Waals surface area contributed by atoms with Gasteiger partial charge in [0.1, 0.15) is 10.7 Å². The highest BCUT2D eigenvalue weighted by Crippen LogP contribution is 2.36. The summed E-state index contributed by atoms with van der Waals surface area (Å²) in [6, 6.07) is 16.2. The Morgan fingerprint density at radius 3 is 2.50 bits per heavy atom. The van der Waals surface area contributed by atoms with E-state index in [9.17, 15) is 4.79 Å². The van der Waals surface area contributed by atoms with Crippen LogP contribution in [-0.2, 0) is 4.74 Å². The van der Waals surface area contributed by atoms with Gasteiger partial charge in [0.15, 0.2) is 0 Å². The van der Waals surface area contributed by atoms with Gasteiger partial charge in [-0.1, -0.05) is 79.3 Å². The zero-order chi connectivity index (χ0) is 21.5. The summed E-state index contributed by atoms with van der Waals surface area (Å²) < 4.78 is 5.01. The van der Waals surface area contributed by atoms with Gasteiger partial charge < -0.3 is 4.74 Å². The van der Waals surface area contributed by atoms with Crippen molar-refractivity contribution in [3.05, 3.63) is 65.2 Å². The van der Waals surface area contributed by atoms with E-state index in [-0.39, 0.29) is 0 Å². The topological polar surface area (TPSA) is 75.6 Å². The smallest absolute Gasteiger partial charge is 0.412 e. The van der Waals surface area contributed by atoms with Crippen molar-refractivity contribution in [2.24, 2.45) is 5.10 Å². The van der Waals surface area contributed by atoms with Gasteiger partial charge in [0, 0.05) is 5.56 Å². The molecular formula is C23H26N4O2S. The first kappa shape index (κ1) is 21.5. The molecule has 0 fully saturated rings. The number of anilines is 2. The number of aryl methyl sites for hydroxylation is 1. The Hall–Kier alpha value is -3.19. The molecule has 0 radical (unpaired) electrons. The fourth-order valence-corrected chi connectivity index (χ4v) is 3.57. The number of carbonyl (C=O) groups is 1. The molecule has 7 heteroatoms. The number of aromatic nitrogens is 1. The number of ether oxygens (including phenoxy) is 1. The number of nitrogens with one attached hydrogen (secondary N) is 2. The minimum absolute atomic E-state index is 0.301. The van der Waals surface area contributed by atoms with Gasteiger partial charge in [-0.15, -0.1) is 0 Å². The number of thiazole rings is 1. The van der Waals surface area contributed by atoms with Crippen molar-refractivity contribution in [3.8, 4) is 11.3 Å². The molecule has 1 aromatic heterocycles. The van der Waals surface area contributed by atoms with Crippen LogP contribution in [0.3, 0.4) is 0 Å². The second-order valence-corrected chi connectivity index (χ2v) is 8.10. The van der Waals surface area contributed by atoms with Crippen LogP contribution in [-0.4, -0.2) is 23.9 Å². The highest BCUT2D eigenvalue weighted by Gasteiger charge is 2.16. The van der Waals surface area contributed by atoms with Crippen LogP contribution in [0.25, 0.3) is 11.3 Å². The molecule has 0 aliphatic rings. The molecule has 0 aliphatic heterocycles. The number of carbonyl (C=O) groups excluding carboxylic acids is 1. The number of hydrogen-bond donors (Lipinski definition) is 2. The Balaban J connectivity index is 1.78. The monoisotopic (exact) mass is 422 g/mol. The molecule has 0 spiro atoms. The first-order valence-electron chi connectivity index (χ1n) is 9.87. The Kier molecular flexibility index (Phi) is 7.19. The lowest BCUT2D eigenvalue weighted by Gasteiger charge is -2.05. The third-order valence-electron chi connectivity index (χ3n) is 4.42. The lowest BCUT2D eigenvalue weighted by Crippen LogP contribution is -2.12. The Labute approximate surface area is 181 Å². The van der Waals surface area contributed by atoms with Crippen molar-refractivity contribution in [2.75, 3.05) is 17.3 Å². The number of hydrogen-bond acceptors (Lipinski definition) is 6. The zero-order valence-electron chi connectivity index (χ0n) is 17.6. The molecular weight excluding hydrogens is 396 g/mol. The molecule has 3 rings (SSSR count). The number of rotatable bonds is 7. The molecule has 0 atom stereocenters. The van der Waals surface area contributed by atoms with Gasteiger partial charge in [0.25, 0.3) is 0 Å². The van der Waals surface area contributed by atoms with Gasteiger partial charge in [-0.05, 0) is 30.9 Å². The average molecular weight is 423 g/mol. The molecule has 30 heavy (non-hydrogen) atoms. The first-order chi connectivity index (χ1) is 14.5. The fourth-order valence-electron chi connectivity index (χ4n) is 2.75. The van der Waals surface area contributed by atoms with Crippen molar-refractivity contribution in [1.82, 2.24) is 4.98 Å². The molecule has 0 saturated carbocycles. The summed E-state index contributed by atoms with van der Waals surface area (Å²) in [6.07, 6.45) is 1.24. The van der Waals surface area contributed by atoms with E-state index in [4.69, 9.17) is 4.74 Å². The number of amides is 1. The highest BCUT2D eigenvalue weighted by atomic mass is 32.1. The minimum Gasteiger partial charge on any atom is -0.450 e. The Morgan fingerprint density at radius 2 is 1.87 bits per heavy atom. The first-order valence-corrected chi connectivity index (χ1v) is 10.7. The summed E-state index contributed by atoms with van der Waals surface area (Å²) in [5, 5.41) is 8.25. The molecule has 0 unspecified atom stereocenters. The third kappa shape index (κ3) is 5.67. The number of hydrazone groups is 1. The van der Waals surface area contributed by atoms with E-state index >= 15 is 0 Å². The van der Waals surface area contributed by atoms with E-state index in [0.29, 0.717) is 28.4 Å². The fraction of sp³-hybridized carbons (Fsp3) is 0.261. The van der Waals surface area contributed by atoms with Gasteiger partial charge in [-0.25, -0.2) is 9.78 Å². The lowest BCUT2D eigenvalue weighted by atomic mass is 10.0. The molecule has 2 N–H and O–H groups in total. The summed E-state index contributed by atoms with van der Waals surface area (Å²) >= 11 is 1.31. The molecule has 0 bridgehead atoms. The van der Waals surface area contributed by atoms with Gasteiger partial charge in [0.2, 0.25) is 5.13 Å². The van der Waals surface area contributed by atoms with E-state index in [0.717, 1.165) is 16.7 Å². The SMILES string of the molecule is CCOC(=O)Nc1sc(N/N=C/c2ccc(C(C)C)cc2)nc1-c1ccc(C)cc1. The molecule has 6 nitrogen and oxygen atoms in total. The summed E-state index contributed by atoms with van der Waals surface area (Å²) in [4.78, 5) is 16.5. The van der Waals surface area contributed by atoms with Gasteiger partial charge in [-0.3, -0.25) is 10.7 Å². The van der Waals surface area contributed by atoms with Crippen LogP contribution in [0.1, 0.15) is 43.4 Å². The molecule has 0 saturated heterocycles. The van der Waals surface area contributed by atoms with E-state index in [1.165, 1.54) is 16.9 Å². The van der Waals surface area contributed by atoms with Gasteiger partial charge in [-0.2, -0.15) is 5.10 Å². The average Bonchev–Trinajstić information content (AvgIpc) is 3.11. The van der Waals surface area contributed by atoms with Gasteiger partial charge >= 0.3 is 6.09 Å². The van der Waals surface area contributed by atoms with E-state index in [1.807, 2.05) is 43.3 Å². The zero-order valence-corrected chi connectivity index (χ0v) is 18.4. The predicted molar refractivity (Wildman–Crippen MR) is 125 cm³/mol. The van der Waals surface area contributed by atoms with Crippen molar-refractivity contribution in [1.29, 1.82) is 0 Å². The van der Waals surface area contributed by atoms with Crippen molar-refractivity contribution in [3.63, 3.8) is 0 Å². The van der Waals surface area contributed by atoms with Crippen molar-refractivity contribution in [2.45, 2.75) is 33.6 Å². The predicted octanol–water partition coefficient (Wildman–Crippen LogP) is 6.26. The molecule has 2 aromatic carbocycles.